The molecule has 0 saturated carbocycles. The zero-order valence-corrected chi connectivity index (χ0v) is 8.55. The lowest BCUT2D eigenvalue weighted by atomic mass is 9.92. The molecule has 2 rings (SSSR count). The van der Waals surface area contributed by atoms with Crippen LogP contribution >= 0.6 is 0 Å². The molecule has 0 N–H and O–H groups in total. The Morgan fingerprint density at radius 3 is 2.36 bits per heavy atom. The van der Waals surface area contributed by atoms with E-state index in [0.717, 1.165) is 5.56 Å². The molecule has 0 aromatic heterocycles. The minimum absolute atomic E-state index is 1.03. The highest BCUT2D eigenvalue weighted by molar-refractivity contribution is 5.40. The highest BCUT2D eigenvalue weighted by Gasteiger charge is 2.06. The first kappa shape index (κ1) is 9.34. The molecule has 1 aliphatic rings. The maximum Gasteiger partial charge on any atom is 0.0245 e. The van der Waals surface area contributed by atoms with Crippen molar-refractivity contribution in [3.05, 3.63) is 34.9 Å². The van der Waals surface area contributed by atoms with E-state index in [1.54, 1.807) is 0 Å². The van der Waals surface area contributed by atoms with Crippen LogP contribution in [0, 0.1) is 12.3 Å². The molecule has 1 aromatic carbocycles. The number of rotatable bonds is 0. The van der Waals surface area contributed by atoms with Crippen LogP contribution in [-0.4, -0.2) is 0 Å². The summed E-state index contributed by atoms with van der Waals surface area (Å²) in [5.41, 5.74) is 4.04. The number of terminal acetylenes is 1. The highest BCUT2D eigenvalue weighted by Crippen LogP contribution is 2.20. The molecule has 1 aromatic rings. The Bertz CT molecular complexity index is 355. The van der Waals surface area contributed by atoms with E-state index in [0.29, 0.717) is 0 Å². The van der Waals surface area contributed by atoms with Gasteiger partial charge in [0.2, 0.25) is 0 Å². The van der Waals surface area contributed by atoms with Crippen molar-refractivity contribution >= 4 is 0 Å². The number of hydrogen-bond donors (Lipinski definition) is 0. The maximum atomic E-state index is 5.40. The lowest BCUT2D eigenvalue weighted by Gasteiger charge is -2.13. The zero-order chi connectivity index (χ0) is 9.80. The van der Waals surface area contributed by atoms with Crippen LogP contribution in [0.3, 0.4) is 0 Å². The zero-order valence-electron chi connectivity index (χ0n) is 8.55. The van der Waals surface area contributed by atoms with Gasteiger partial charge < -0.3 is 0 Å². The molecular weight excluding hydrogens is 168 g/mol. The van der Waals surface area contributed by atoms with Crippen molar-refractivity contribution in [2.24, 2.45) is 0 Å². The number of fused-ring (bicyclic) bond motifs is 1. The van der Waals surface area contributed by atoms with Gasteiger partial charge in [0, 0.05) is 5.56 Å². The van der Waals surface area contributed by atoms with Crippen LogP contribution in [0.25, 0.3) is 0 Å². The van der Waals surface area contributed by atoms with Crippen molar-refractivity contribution < 1.29 is 0 Å². The first-order chi connectivity index (χ1) is 6.90. The molecule has 0 saturated heterocycles. The van der Waals surface area contributed by atoms with Gasteiger partial charge in [0.15, 0.2) is 0 Å². The second-order valence-electron chi connectivity index (χ2n) is 4.04. The Morgan fingerprint density at radius 2 is 1.64 bits per heavy atom. The van der Waals surface area contributed by atoms with Crippen molar-refractivity contribution in [1.82, 2.24) is 0 Å². The first-order valence-corrected chi connectivity index (χ1v) is 5.48. The van der Waals surface area contributed by atoms with E-state index in [1.165, 1.54) is 49.7 Å². The fourth-order valence-electron chi connectivity index (χ4n) is 2.18. The molecule has 0 amide bonds. The normalized spacial score (nSPS) is 16.2. The third kappa shape index (κ3) is 1.99. The molecule has 72 valence electrons. The van der Waals surface area contributed by atoms with E-state index in [1.807, 2.05) is 0 Å². The van der Waals surface area contributed by atoms with Crippen LogP contribution in [-0.2, 0) is 12.8 Å². The van der Waals surface area contributed by atoms with E-state index < -0.39 is 0 Å². The van der Waals surface area contributed by atoms with Gasteiger partial charge in [-0.1, -0.05) is 24.8 Å². The molecule has 0 unspecified atom stereocenters. The van der Waals surface area contributed by atoms with Crippen molar-refractivity contribution in [3.8, 4) is 12.3 Å². The van der Waals surface area contributed by atoms with E-state index in [-0.39, 0.29) is 0 Å². The Balaban J connectivity index is 2.31. The van der Waals surface area contributed by atoms with Crippen LogP contribution < -0.4 is 0 Å². The molecule has 0 fully saturated rings. The van der Waals surface area contributed by atoms with E-state index in [4.69, 9.17) is 6.42 Å². The lowest BCUT2D eigenvalue weighted by Crippen LogP contribution is -1.99. The Hall–Kier alpha value is -1.22. The summed E-state index contributed by atoms with van der Waals surface area (Å²) in [6.45, 7) is 0. The van der Waals surface area contributed by atoms with Gasteiger partial charge in [-0.25, -0.2) is 0 Å². The monoisotopic (exact) mass is 184 g/mol. The molecular formula is C14H16. The van der Waals surface area contributed by atoms with Gasteiger partial charge in [0.05, 0.1) is 0 Å². The predicted molar refractivity (Wildman–Crippen MR) is 60.3 cm³/mol. The average Bonchev–Trinajstić information content (AvgIpc) is 2.18. The van der Waals surface area contributed by atoms with Gasteiger partial charge >= 0.3 is 0 Å². The Labute approximate surface area is 86.3 Å². The molecule has 0 atom stereocenters. The van der Waals surface area contributed by atoms with Crippen LogP contribution in [0.4, 0.5) is 0 Å². The summed E-state index contributed by atoms with van der Waals surface area (Å²) in [6.07, 6.45) is 13.3. The van der Waals surface area contributed by atoms with Gasteiger partial charge in [-0.15, -0.1) is 6.42 Å². The minimum atomic E-state index is 1.03. The lowest BCUT2D eigenvalue weighted by molar-refractivity contribution is 0.617. The van der Waals surface area contributed by atoms with Crippen LogP contribution in [0.2, 0.25) is 0 Å². The van der Waals surface area contributed by atoms with Crippen molar-refractivity contribution in [1.29, 1.82) is 0 Å². The standard InChI is InChI=1S/C14H16/c1-2-12-9-10-13-7-5-3-4-6-8-14(13)11-12/h1,9-11H,3-8H2. The smallest absolute Gasteiger partial charge is 0.0245 e. The largest absolute Gasteiger partial charge is 0.115 e. The molecule has 0 radical (unpaired) electrons. The molecule has 0 heteroatoms. The van der Waals surface area contributed by atoms with Crippen LogP contribution in [0.1, 0.15) is 42.4 Å². The summed E-state index contributed by atoms with van der Waals surface area (Å²) >= 11 is 0. The summed E-state index contributed by atoms with van der Waals surface area (Å²) in [5, 5.41) is 0. The highest BCUT2D eigenvalue weighted by atomic mass is 14.1. The summed E-state index contributed by atoms with van der Waals surface area (Å²) < 4.78 is 0. The molecule has 0 bridgehead atoms. The third-order valence-electron chi connectivity index (χ3n) is 3.02. The van der Waals surface area contributed by atoms with Gasteiger partial charge in [0.25, 0.3) is 0 Å². The molecule has 14 heavy (non-hydrogen) atoms. The molecule has 0 nitrogen and oxygen atoms in total. The summed E-state index contributed by atoms with van der Waals surface area (Å²) in [5.74, 6) is 2.71. The molecule has 0 heterocycles. The summed E-state index contributed by atoms with van der Waals surface area (Å²) in [7, 11) is 0. The number of hydrogen-bond acceptors (Lipinski definition) is 0. The fourth-order valence-corrected chi connectivity index (χ4v) is 2.18. The molecule has 0 aliphatic heterocycles. The molecule has 0 spiro atoms. The van der Waals surface area contributed by atoms with Gasteiger partial charge in [-0.3, -0.25) is 0 Å². The topological polar surface area (TPSA) is 0 Å². The second-order valence-corrected chi connectivity index (χ2v) is 4.04. The third-order valence-corrected chi connectivity index (χ3v) is 3.02. The first-order valence-electron chi connectivity index (χ1n) is 5.48. The van der Waals surface area contributed by atoms with E-state index >= 15 is 0 Å². The molecule has 1 aliphatic carbocycles. The maximum absolute atomic E-state index is 5.40. The Morgan fingerprint density at radius 1 is 0.929 bits per heavy atom. The van der Waals surface area contributed by atoms with Crippen molar-refractivity contribution in [2.75, 3.05) is 0 Å². The quantitative estimate of drug-likeness (QED) is 0.542. The summed E-state index contributed by atoms with van der Waals surface area (Å²) in [6, 6.07) is 6.48. The van der Waals surface area contributed by atoms with Gasteiger partial charge in [-0.05, 0) is 48.9 Å². The predicted octanol–water partition coefficient (Wildman–Crippen LogP) is 3.33. The SMILES string of the molecule is C#Cc1ccc2c(c1)CCCCCC2. The Kier molecular flexibility index (Phi) is 2.89. The van der Waals surface area contributed by atoms with E-state index in [9.17, 15) is 0 Å². The van der Waals surface area contributed by atoms with Crippen LogP contribution in [0.5, 0.6) is 0 Å². The number of aryl methyl sites for hydroxylation is 2. The van der Waals surface area contributed by atoms with Gasteiger partial charge in [0.1, 0.15) is 0 Å². The van der Waals surface area contributed by atoms with Crippen molar-refractivity contribution in [3.63, 3.8) is 0 Å². The van der Waals surface area contributed by atoms with E-state index in [2.05, 4.69) is 24.1 Å². The average molecular weight is 184 g/mol. The van der Waals surface area contributed by atoms with Crippen molar-refractivity contribution in [2.45, 2.75) is 38.5 Å². The second kappa shape index (κ2) is 4.33. The van der Waals surface area contributed by atoms with Gasteiger partial charge in [-0.2, -0.15) is 0 Å². The fraction of sp³-hybridized carbons (Fsp3) is 0.429. The van der Waals surface area contributed by atoms with Crippen LogP contribution in [0.15, 0.2) is 18.2 Å². The minimum Gasteiger partial charge on any atom is -0.115 e. The summed E-state index contributed by atoms with van der Waals surface area (Å²) in [4.78, 5) is 0. The number of benzene rings is 1.